The molecule has 0 radical (unpaired) electrons. The number of anilines is 1. The van der Waals surface area contributed by atoms with Crippen LogP contribution in [0.5, 0.6) is 0 Å². The molecule has 0 saturated carbocycles. The standard InChI is InChI=1S/C16H14FN3O3S/c17-11-5-7-12(8-6-11)24-10-2-4-14(21)18-16-20-19-15(23-16)13-3-1-9-22-13/h1,3,5-9H,2,4,10H2,(H,18,20,21). The maximum Gasteiger partial charge on any atom is 0.322 e. The third-order valence-electron chi connectivity index (χ3n) is 3.03. The van der Waals surface area contributed by atoms with Crippen LogP contribution in [0.1, 0.15) is 12.8 Å². The van der Waals surface area contributed by atoms with Crippen LogP contribution in [0, 0.1) is 5.82 Å². The minimum atomic E-state index is -0.257. The van der Waals surface area contributed by atoms with Gasteiger partial charge in [-0.2, -0.15) is 0 Å². The summed E-state index contributed by atoms with van der Waals surface area (Å²) in [5, 5.41) is 10.1. The van der Waals surface area contributed by atoms with Gasteiger partial charge in [0.05, 0.1) is 6.26 Å². The number of carbonyl (C=O) groups is 1. The number of rotatable bonds is 7. The zero-order valence-electron chi connectivity index (χ0n) is 12.6. The number of hydrogen-bond donors (Lipinski definition) is 1. The van der Waals surface area contributed by atoms with E-state index in [1.165, 1.54) is 18.4 Å². The lowest BCUT2D eigenvalue weighted by Crippen LogP contribution is -2.11. The molecule has 2 heterocycles. The minimum absolute atomic E-state index is 0.0394. The Morgan fingerprint density at radius 2 is 2.04 bits per heavy atom. The first-order valence-corrected chi connectivity index (χ1v) is 8.25. The number of halogens is 1. The fraction of sp³-hybridized carbons (Fsp3) is 0.188. The highest BCUT2D eigenvalue weighted by Gasteiger charge is 2.12. The quantitative estimate of drug-likeness (QED) is 0.514. The number of carbonyl (C=O) groups excluding carboxylic acids is 1. The van der Waals surface area contributed by atoms with E-state index in [2.05, 4.69) is 15.5 Å². The Bertz CT molecular complexity index is 787. The van der Waals surface area contributed by atoms with Crippen LogP contribution in [0.25, 0.3) is 11.7 Å². The van der Waals surface area contributed by atoms with Crippen LogP contribution in [0.2, 0.25) is 0 Å². The third-order valence-corrected chi connectivity index (χ3v) is 4.13. The molecule has 24 heavy (non-hydrogen) atoms. The van der Waals surface area contributed by atoms with E-state index < -0.39 is 0 Å². The van der Waals surface area contributed by atoms with Gasteiger partial charge in [0.1, 0.15) is 5.82 Å². The first-order chi connectivity index (χ1) is 11.7. The average molecular weight is 347 g/mol. The maximum atomic E-state index is 12.8. The number of thioether (sulfide) groups is 1. The molecule has 0 bridgehead atoms. The van der Waals surface area contributed by atoms with Gasteiger partial charge in [-0.25, -0.2) is 4.39 Å². The molecule has 0 spiro atoms. The molecule has 3 aromatic rings. The summed E-state index contributed by atoms with van der Waals surface area (Å²) in [6.45, 7) is 0. The van der Waals surface area contributed by atoms with Crippen molar-refractivity contribution in [2.24, 2.45) is 0 Å². The zero-order chi connectivity index (χ0) is 16.8. The molecule has 0 unspecified atom stereocenters. The molecule has 2 aromatic heterocycles. The van der Waals surface area contributed by atoms with E-state index in [0.717, 1.165) is 10.6 Å². The van der Waals surface area contributed by atoms with Crippen LogP contribution in [0.15, 0.2) is 56.4 Å². The van der Waals surface area contributed by atoms with Gasteiger partial charge in [0, 0.05) is 11.3 Å². The normalized spacial score (nSPS) is 10.7. The van der Waals surface area contributed by atoms with Crippen molar-refractivity contribution in [1.29, 1.82) is 0 Å². The van der Waals surface area contributed by atoms with Crippen molar-refractivity contribution in [1.82, 2.24) is 10.2 Å². The molecule has 6 nitrogen and oxygen atoms in total. The monoisotopic (exact) mass is 347 g/mol. The molecule has 0 aliphatic carbocycles. The predicted octanol–water partition coefficient (Wildman–Crippen LogP) is 3.98. The average Bonchev–Trinajstić information content (AvgIpc) is 3.24. The highest BCUT2D eigenvalue weighted by molar-refractivity contribution is 7.99. The molecule has 124 valence electrons. The highest BCUT2D eigenvalue weighted by atomic mass is 32.2. The van der Waals surface area contributed by atoms with Crippen molar-refractivity contribution < 1.29 is 18.0 Å². The van der Waals surface area contributed by atoms with Crippen LogP contribution < -0.4 is 5.32 Å². The van der Waals surface area contributed by atoms with Crippen LogP contribution in [0.3, 0.4) is 0 Å². The first kappa shape index (κ1) is 16.3. The second kappa shape index (κ2) is 7.78. The van der Waals surface area contributed by atoms with E-state index in [0.29, 0.717) is 18.6 Å². The summed E-state index contributed by atoms with van der Waals surface area (Å²) < 4.78 is 23.2. The predicted molar refractivity (Wildman–Crippen MR) is 87.0 cm³/mol. The van der Waals surface area contributed by atoms with Crippen LogP contribution in [-0.4, -0.2) is 21.9 Å². The maximum absolute atomic E-state index is 12.8. The van der Waals surface area contributed by atoms with E-state index >= 15 is 0 Å². The SMILES string of the molecule is O=C(CCCSc1ccc(F)cc1)Nc1nnc(-c2ccco2)o1. The Labute approximate surface area is 141 Å². The van der Waals surface area contributed by atoms with Crippen LogP contribution >= 0.6 is 11.8 Å². The molecule has 1 N–H and O–H groups in total. The van der Waals surface area contributed by atoms with Crippen LogP contribution in [0.4, 0.5) is 10.4 Å². The molecular weight excluding hydrogens is 333 g/mol. The second-order valence-corrected chi connectivity index (χ2v) is 6.01. The van der Waals surface area contributed by atoms with Crippen molar-refractivity contribution >= 4 is 23.7 Å². The molecule has 8 heteroatoms. The van der Waals surface area contributed by atoms with Crippen molar-refractivity contribution in [3.8, 4) is 11.7 Å². The number of benzene rings is 1. The molecule has 1 aromatic carbocycles. The highest BCUT2D eigenvalue weighted by Crippen LogP contribution is 2.21. The van der Waals surface area contributed by atoms with Crippen LogP contribution in [-0.2, 0) is 4.79 Å². The lowest BCUT2D eigenvalue weighted by atomic mass is 10.3. The number of amides is 1. The van der Waals surface area contributed by atoms with Gasteiger partial charge in [-0.3, -0.25) is 10.1 Å². The van der Waals surface area contributed by atoms with Crippen molar-refractivity contribution in [2.45, 2.75) is 17.7 Å². The van der Waals surface area contributed by atoms with Gasteiger partial charge in [-0.1, -0.05) is 5.10 Å². The topological polar surface area (TPSA) is 81.2 Å². The Morgan fingerprint density at radius 1 is 1.21 bits per heavy atom. The summed E-state index contributed by atoms with van der Waals surface area (Å²) in [5.41, 5.74) is 0. The molecule has 0 saturated heterocycles. The molecular formula is C16H14FN3O3S. The summed E-state index contributed by atoms with van der Waals surface area (Å²) in [4.78, 5) is 12.8. The fourth-order valence-electron chi connectivity index (χ4n) is 1.91. The van der Waals surface area contributed by atoms with Gasteiger partial charge in [0.25, 0.3) is 5.89 Å². The minimum Gasteiger partial charge on any atom is -0.459 e. The number of furan rings is 1. The Balaban J connectivity index is 1.40. The zero-order valence-corrected chi connectivity index (χ0v) is 13.4. The van der Waals surface area contributed by atoms with Gasteiger partial charge < -0.3 is 8.83 Å². The van der Waals surface area contributed by atoms with E-state index in [1.54, 1.807) is 36.0 Å². The van der Waals surface area contributed by atoms with Crippen molar-refractivity contribution in [3.05, 3.63) is 48.5 Å². The number of nitrogens with zero attached hydrogens (tertiary/aromatic N) is 2. The largest absolute Gasteiger partial charge is 0.459 e. The smallest absolute Gasteiger partial charge is 0.322 e. The Morgan fingerprint density at radius 3 is 2.79 bits per heavy atom. The summed E-state index contributed by atoms with van der Waals surface area (Å²) in [6.07, 6.45) is 2.50. The number of nitrogens with one attached hydrogen (secondary N) is 1. The summed E-state index contributed by atoms with van der Waals surface area (Å²) in [5.74, 6) is 0.943. The number of hydrogen-bond acceptors (Lipinski definition) is 6. The molecule has 0 aliphatic rings. The van der Waals surface area contributed by atoms with Gasteiger partial charge in [0.2, 0.25) is 5.91 Å². The van der Waals surface area contributed by atoms with Gasteiger partial charge in [-0.15, -0.1) is 16.9 Å². The van der Waals surface area contributed by atoms with E-state index in [9.17, 15) is 9.18 Å². The fourth-order valence-corrected chi connectivity index (χ4v) is 2.76. The van der Waals surface area contributed by atoms with Crippen molar-refractivity contribution in [3.63, 3.8) is 0 Å². The Hall–Kier alpha value is -2.61. The lowest BCUT2D eigenvalue weighted by molar-refractivity contribution is -0.116. The molecule has 0 fully saturated rings. The van der Waals surface area contributed by atoms with Gasteiger partial charge in [0.15, 0.2) is 5.76 Å². The molecule has 0 aliphatic heterocycles. The van der Waals surface area contributed by atoms with Gasteiger partial charge >= 0.3 is 6.01 Å². The molecule has 0 atom stereocenters. The Kier molecular flexibility index (Phi) is 5.27. The van der Waals surface area contributed by atoms with Gasteiger partial charge in [-0.05, 0) is 48.6 Å². The van der Waals surface area contributed by atoms with E-state index in [4.69, 9.17) is 8.83 Å². The molecule has 3 rings (SSSR count). The third kappa shape index (κ3) is 4.45. The van der Waals surface area contributed by atoms with E-state index in [-0.39, 0.29) is 23.6 Å². The summed E-state index contributed by atoms with van der Waals surface area (Å²) in [7, 11) is 0. The number of aromatic nitrogens is 2. The van der Waals surface area contributed by atoms with Crippen molar-refractivity contribution in [2.75, 3.05) is 11.1 Å². The second-order valence-electron chi connectivity index (χ2n) is 4.84. The molecule has 1 amide bonds. The first-order valence-electron chi connectivity index (χ1n) is 7.26. The summed E-state index contributed by atoms with van der Waals surface area (Å²) in [6, 6.07) is 9.70. The summed E-state index contributed by atoms with van der Waals surface area (Å²) >= 11 is 1.57. The van der Waals surface area contributed by atoms with E-state index in [1.807, 2.05) is 0 Å². The lowest BCUT2D eigenvalue weighted by Gasteiger charge is -2.02.